The van der Waals surface area contributed by atoms with Crippen LogP contribution in [0.4, 0.5) is 4.39 Å². The molecule has 0 spiro atoms. The molecule has 2 atom stereocenters. The first kappa shape index (κ1) is 22.8. The Bertz CT molecular complexity index is 1360. The Morgan fingerprint density at radius 2 is 1.74 bits per heavy atom. The highest BCUT2D eigenvalue weighted by Crippen LogP contribution is 2.35. The monoisotopic (exact) mass is 480 g/mol. The van der Waals surface area contributed by atoms with Gasteiger partial charge in [0.05, 0.1) is 30.4 Å². The highest BCUT2D eigenvalue weighted by Gasteiger charge is 2.27. The van der Waals surface area contributed by atoms with Gasteiger partial charge in [-0.05, 0) is 24.5 Å². The smallest absolute Gasteiger partial charge is 0.193 e. The van der Waals surface area contributed by atoms with Crippen molar-refractivity contribution in [1.29, 1.82) is 0 Å². The van der Waals surface area contributed by atoms with Crippen molar-refractivity contribution in [2.45, 2.75) is 18.6 Å². The van der Waals surface area contributed by atoms with Crippen LogP contribution in [0.5, 0.6) is 5.88 Å². The second-order valence-electron chi connectivity index (χ2n) is 8.97. The van der Waals surface area contributed by atoms with Crippen molar-refractivity contribution >= 4 is 23.5 Å². The first-order valence-electron chi connectivity index (χ1n) is 11.1. The number of ether oxygens (including phenoxy) is 2. The number of aliphatic hydroxyl groups excluding tert-OH is 1. The zero-order chi connectivity index (χ0) is 23.9. The van der Waals surface area contributed by atoms with Crippen molar-refractivity contribution in [2.24, 2.45) is 0 Å². The lowest BCUT2D eigenvalue weighted by Gasteiger charge is -2.09. The van der Waals surface area contributed by atoms with Crippen LogP contribution >= 0.6 is 7.14 Å². The van der Waals surface area contributed by atoms with E-state index < -0.39 is 13.0 Å². The van der Waals surface area contributed by atoms with Crippen molar-refractivity contribution in [3.8, 4) is 28.3 Å². The number of hydrogen-bond acceptors (Lipinski definition) is 5. The average molecular weight is 480 g/mol. The second kappa shape index (κ2) is 8.99. The molecular weight excluding hydrogens is 454 g/mol. The first-order valence-corrected chi connectivity index (χ1v) is 13.7. The minimum Gasteiger partial charge on any atom is -0.473 e. The van der Waals surface area contributed by atoms with Gasteiger partial charge in [0.15, 0.2) is 11.7 Å². The van der Waals surface area contributed by atoms with Crippen LogP contribution in [0.1, 0.15) is 6.42 Å². The van der Waals surface area contributed by atoms with Gasteiger partial charge in [0, 0.05) is 29.4 Å². The topological polar surface area (TPSA) is 84.4 Å². The second-order valence-corrected chi connectivity index (χ2v) is 12.2. The van der Waals surface area contributed by atoms with Gasteiger partial charge in [0.25, 0.3) is 0 Å². The van der Waals surface area contributed by atoms with Crippen molar-refractivity contribution in [3.63, 3.8) is 0 Å². The number of pyridine rings is 1. The van der Waals surface area contributed by atoms with Crippen LogP contribution in [0.3, 0.4) is 0 Å². The maximum Gasteiger partial charge on any atom is 0.193 e. The Morgan fingerprint density at radius 1 is 1.09 bits per heavy atom. The zero-order valence-corrected chi connectivity index (χ0v) is 19.9. The third-order valence-corrected chi connectivity index (χ3v) is 7.59. The Labute approximate surface area is 197 Å². The quantitative estimate of drug-likeness (QED) is 0.387. The molecule has 1 aliphatic heterocycles. The van der Waals surface area contributed by atoms with Gasteiger partial charge in [-0.15, -0.1) is 0 Å². The van der Waals surface area contributed by atoms with Gasteiger partial charge in [-0.2, -0.15) is 0 Å². The lowest BCUT2D eigenvalue weighted by Crippen LogP contribution is -2.17. The van der Waals surface area contributed by atoms with Gasteiger partial charge in [0.2, 0.25) is 0 Å². The van der Waals surface area contributed by atoms with Gasteiger partial charge in [0.1, 0.15) is 18.9 Å². The molecule has 3 heterocycles. The number of benzene rings is 2. The Kier molecular flexibility index (Phi) is 6.02. The Hall–Kier alpha value is -2.99. The highest BCUT2D eigenvalue weighted by atomic mass is 31.2. The van der Waals surface area contributed by atoms with E-state index in [2.05, 4.69) is 9.97 Å². The lowest BCUT2D eigenvalue weighted by atomic mass is 10.0. The molecule has 34 heavy (non-hydrogen) atoms. The zero-order valence-electron chi connectivity index (χ0n) is 19.0. The van der Waals surface area contributed by atoms with E-state index in [0.29, 0.717) is 35.5 Å². The predicted octanol–water partition coefficient (Wildman–Crippen LogP) is 4.81. The van der Waals surface area contributed by atoms with E-state index in [1.54, 1.807) is 19.4 Å². The number of aromatic nitrogens is 2. The number of aliphatic hydroxyl groups is 1. The van der Waals surface area contributed by atoms with Crippen LogP contribution in [0.25, 0.3) is 33.4 Å². The van der Waals surface area contributed by atoms with E-state index in [9.17, 15) is 14.1 Å². The van der Waals surface area contributed by atoms with Crippen LogP contribution in [-0.2, 0) is 9.30 Å². The molecular formula is C26H26FN2O4P. The third kappa shape index (κ3) is 4.64. The molecule has 1 fully saturated rings. The van der Waals surface area contributed by atoms with Crippen molar-refractivity contribution < 1.29 is 23.5 Å². The third-order valence-electron chi connectivity index (χ3n) is 6.05. The van der Waals surface area contributed by atoms with E-state index in [1.807, 2.05) is 48.5 Å². The molecule has 5 rings (SSSR count). The van der Waals surface area contributed by atoms with E-state index >= 15 is 0 Å². The van der Waals surface area contributed by atoms with E-state index in [-0.39, 0.29) is 24.5 Å². The van der Waals surface area contributed by atoms with Crippen LogP contribution in [0, 0.1) is 5.82 Å². The summed E-state index contributed by atoms with van der Waals surface area (Å²) in [6.07, 6.45) is 0.222. The molecule has 176 valence electrons. The molecule has 2 N–H and O–H groups in total. The maximum absolute atomic E-state index is 14.9. The standard InChI is InChI=1S/C26H26FN2O4P/c1-34(2,31)21-9-7-17(8-10-21)16-3-5-18(6-4-16)26-22(27)12-23-24(29-26)13-25(28-23)33-20-11-19(14-30)32-15-20/h3-10,12-13,19-20,28,30H,11,14-15H2,1-2H3/t19-,20-/m0/s1. The molecule has 0 saturated carbocycles. The molecule has 8 heteroatoms. The summed E-state index contributed by atoms with van der Waals surface area (Å²) in [6.45, 7) is 3.88. The molecule has 2 aromatic heterocycles. The Morgan fingerprint density at radius 3 is 2.35 bits per heavy atom. The van der Waals surface area contributed by atoms with Crippen molar-refractivity contribution in [3.05, 3.63) is 66.5 Å². The minimum atomic E-state index is -2.29. The van der Waals surface area contributed by atoms with Crippen molar-refractivity contribution in [2.75, 3.05) is 26.5 Å². The highest BCUT2D eigenvalue weighted by molar-refractivity contribution is 7.70. The molecule has 1 aliphatic rings. The summed E-state index contributed by atoms with van der Waals surface area (Å²) in [5, 5.41) is 10.0. The average Bonchev–Trinajstić information content (AvgIpc) is 3.44. The molecule has 1 saturated heterocycles. The van der Waals surface area contributed by atoms with Crippen LogP contribution in [0.15, 0.2) is 60.7 Å². The largest absolute Gasteiger partial charge is 0.473 e. The molecule has 0 amide bonds. The molecule has 0 aliphatic carbocycles. The molecule has 6 nitrogen and oxygen atoms in total. The number of nitrogens with one attached hydrogen (secondary N) is 1. The molecule has 0 radical (unpaired) electrons. The number of H-pyrrole nitrogens is 1. The maximum atomic E-state index is 14.9. The number of aromatic amines is 1. The summed E-state index contributed by atoms with van der Waals surface area (Å²) in [4.78, 5) is 7.58. The minimum absolute atomic E-state index is 0.0354. The van der Waals surface area contributed by atoms with Gasteiger partial charge in [-0.3, -0.25) is 0 Å². The van der Waals surface area contributed by atoms with Gasteiger partial charge in [-0.25, -0.2) is 9.37 Å². The van der Waals surface area contributed by atoms with Gasteiger partial charge in [-0.1, -0.05) is 48.5 Å². The van der Waals surface area contributed by atoms with E-state index in [4.69, 9.17) is 9.47 Å². The summed E-state index contributed by atoms with van der Waals surface area (Å²) in [5.74, 6) is 0.0675. The van der Waals surface area contributed by atoms with Crippen molar-refractivity contribution in [1.82, 2.24) is 9.97 Å². The predicted molar refractivity (Wildman–Crippen MR) is 132 cm³/mol. The SMILES string of the molecule is CP(C)(=O)c1ccc(-c2ccc(-c3nc4cc(O[C@@H]5CO[C@H](CO)C5)[nH]c4cc3F)cc2)cc1. The summed E-state index contributed by atoms with van der Waals surface area (Å²) >= 11 is 0. The molecule has 0 unspecified atom stereocenters. The molecule has 2 aromatic carbocycles. The van der Waals surface area contributed by atoms with Crippen LogP contribution < -0.4 is 10.0 Å². The fourth-order valence-electron chi connectivity index (χ4n) is 4.17. The normalized spacial score (nSPS) is 18.5. The Balaban J connectivity index is 1.37. The summed E-state index contributed by atoms with van der Waals surface area (Å²) in [6, 6.07) is 18.4. The molecule has 0 bridgehead atoms. The van der Waals surface area contributed by atoms with Gasteiger partial charge >= 0.3 is 0 Å². The number of halogens is 1. The van der Waals surface area contributed by atoms with Gasteiger partial charge < -0.3 is 24.1 Å². The lowest BCUT2D eigenvalue weighted by molar-refractivity contribution is 0.0531. The number of nitrogens with zero attached hydrogens (tertiary/aromatic N) is 1. The number of hydrogen-bond donors (Lipinski definition) is 2. The fourth-order valence-corrected chi connectivity index (χ4v) is 5.03. The van der Waals surface area contributed by atoms with E-state index in [0.717, 1.165) is 16.4 Å². The summed E-state index contributed by atoms with van der Waals surface area (Å²) < 4.78 is 38.5. The van der Waals surface area contributed by atoms with E-state index in [1.165, 1.54) is 6.07 Å². The first-order chi connectivity index (χ1) is 16.3. The fraction of sp³-hybridized carbons (Fsp3) is 0.269. The molecule has 4 aromatic rings. The number of rotatable bonds is 6. The summed E-state index contributed by atoms with van der Waals surface area (Å²) in [7, 11) is -2.29. The number of fused-ring (bicyclic) bond motifs is 1. The van der Waals surface area contributed by atoms with Crippen LogP contribution in [0.2, 0.25) is 0 Å². The summed E-state index contributed by atoms with van der Waals surface area (Å²) in [5.41, 5.74) is 4.07. The van der Waals surface area contributed by atoms with Crippen LogP contribution in [-0.4, -0.2) is 53.8 Å².